The lowest BCUT2D eigenvalue weighted by atomic mass is 9.96. The highest BCUT2D eigenvalue weighted by atomic mass is 16.5. The Balaban J connectivity index is 2.54. The van der Waals surface area contributed by atoms with Crippen molar-refractivity contribution in [1.82, 2.24) is 4.90 Å². The molecule has 1 rings (SSSR count). The molecule has 0 N–H and O–H groups in total. The molecule has 1 atom stereocenters. The first-order valence-electron chi connectivity index (χ1n) is 5.09. The van der Waals surface area contributed by atoms with E-state index < -0.39 is 0 Å². The fourth-order valence-corrected chi connectivity index (χ4v) is 1.59. The molecule has 13 heavy (non-hydrogen) atoms. The van der Waals surface area contributed by atoms with E-state index in [2.05, 4.69) is 32.3 Å². The van der Waals surface area contributed by atoms with Crippen LogP contribution in [0.2, 0.25) is 0 Å². The molecular weight excluding hydrogens is 162 g/mol. The van der Waals surface area contributed by atoms with Gasteiger partial charge in [0.15, 0.2) is 0 Å². The second-order valence-electron chi connectivity index (χ2n) is 4.26. The summed E-state index contributed by atoms with van der Waals surface area (Å²) in [7, 11) is 0. The molecule has 1 heterocycles. The van der Waals surface area contributed by atoms with E-state index in [1.807, 2.05) is 0 Å². The van der Waals surface area contributed by atoms with Crippen molar-refractivity contribution in [3.05, 3.63) is 12.3 Å². The van der Waals surface area contributed by atoms with Gasteiger partial charge in [-0.3, -0.25) is 0 Å². The van der Waals surface area contributed by atoms with Crippen LogP contribution in [0.15, 0.2) is 12.3 Å². The molecule has 1 saturated heterocycles. The number of rotatable bonds is 2. The molecule has 0 aromatic carbocycles. The Morgan fingerprint density at radius 2 is 2.23 bits per heavy atom. The fraction of sp³-hybridized carbons (Fsp3) is 0.818. The summed E-state index contributed by atoms with van der Waals surface area (Å²) in [4.78, 5) is 2.33. The Kier molecular flexibility index (Phi) is 3.79. The van der Waals surface area contributed by atoms with Gasteiger partial charge in [-0.1, -0.05) is 20.4 Å². The molecular formula is C11H21NO. The third-order valence-corrected chi connectivity index (χ3v) is 2.78. The van der Waals surface area contributed by atoms with Gasteiger partial charge in [0.2, 0.25) is 0 Å². The zero-order valence-corrected chi connectivity index (χ0v) is 9.05. The Hall–Kier alpha value is -0.500. The van der Waals surface area contributed by atoms with E-state index in [4.69, 9.17) is 4.74 Å². The van der Waals surface area contributed by atoms with Gasteiger partial charge in [0.1, 0.15) is 0 Å². The smallest absolute Gasteiger partial charge is 0.0641 e. The monoisotopic (exact) mass is 183 g/mol. The lowest BCUT2D eigenvalue weighted by Crippen LogP contribution is -2.30. The van der Waals surface area contributed by atoms with Crippen molar-refractivity contribution in [2.24, 2.45) is 11.8 Å². The maximum Gasteiger partial charge on any atom is 0.0641 e. The van der Waals surface area contributed by atoms with Gasteiger partial charge in [0, 0.05) is 24.7 Å². The number of hydrogen-bond acceptors (Lipinski definition) is 2. The van der Waals surface area contributed by atoms with Gasteiger partial charge >= 0.3 is 0 Å². The predicted octanol–water partition coefficient (Wildman–Crippen LogP) is 2.12. The maximum absolute atomic E-state index is 5.57. The van der Waals surface area contributed by atoms with Crippen LogP contribution in [0, 0.1) is 11.8 Å². The number of nitrogens with zero attached hydrogens (tertiary/aromatic N) is 1. The molecule has 1 fully saturated rings. The largest absolute Gasteiger partial charge is 0.379 e. The minimum absolute atomic E-state index is 0.652. The summed E-state index contributed by atoms with van der Waals surface area (Å²) in [5, 5.41) is 0. The van der Waals surface area contributed by atoms with Gasteiger partial charge in [0.25, 0.3) is 0 Å². The van der Waals surface area contributed by atoms with Crippen molar-refractivity contribution < 1.29 is 4.74 Å². The van der Waals surface area contributed by atoms with E-state index in [-0.39, 0.29) is 0 Å². The van der Waals surface area contributed by atoms with Gasteiger partial charge in [0.05, 0.1) is 13.2 Å². The summed E-state index contributed by atoms with van der Waals surface area (Å²) in [5.41, 5.74) is 1.16. The van der Waals surface area contributed by atoms with E-state index >= 15 is 0 Å². The minimum Gasteiger partial charge on any atom is -0.379 e. The van der Waals surface area contributed by atoms with Gasteiger partial charge in [-0.2, -0.15) is 0 Å². The van der Waals surface area contributed by atoms with Gasteiger partial charge in [-0.05, 0) is 12.8 Å². The number of ether oxygens (including phenoxy) is 1. The molecule has 0 aromatic rings. The van der Waals surface area contributed by atoms with Crippen molar-refractivity contribution in [3.8, 4) is 0 Å². The van der Waals surface area contributed by atoms with Gasteiger partial charge in [-0.25, -0.2) is 0 Å². The average Bonchev–Trinajstić information content (AvgIpc) is 2.28. The van der Waals surface area contributed by atoms with Gasteiger partial charge in [-0.15, -0.1) is 0 Å². The van der Waals surface area contributed by atoms with Crippen molar-refractivity contribution in [1.29, 1.82) is 0 Å². The van der Waals surface area contributed by atoms with Crippen LogP contribution in [0.1, 0.15) is 20.8 Å². The van der Waals surface area contributed by atoms with E-state index in [0.717, 1.165) is 32.0 Å². The normalized spacial score (nSPS) is 24.6. The Labute approximate surface area is 81.6 Å². The molecule has 0 amide bonds. The molecule has 0 saturated carbocycles. The first kappa shape index (κ1) is 10.6. The van der Waals surface area contributed by atoms with Crippen LogP contribution in [0.25, 0.3) is 0 Å². The van der Waals surface area contributed by atoms with Crippen LogP contribution in [-0.2, 0) is 4.74 Å². The van der Waals surface area contributed by atoms with E-state index in [0.29, 0.717) is 11.8 Å². The summed E-state index contributed by atoms with van der Waals surface area (Å²) in [6, 6.07) is 0. The summed E-state index contributed by atoms with van der Waals surface area (Å²) >= 11 is 0. The molecule has 1 aliphatic heterocycles. The topological polar surface area (TPSA) is 12.5 Å². The quantitative estimate of drug-likeness (QED) is 0.650. The van der Waals surface area contributed by atoms with E-state index in [1.165, 1.54) is 0 Å². The lowest BCUT2D eigenvalue weighted by Gasteiger charge is -2.27. The highest BCUT2D eigenvalue weighted by Crippen LogP contribution is 2.17. The molecule has 0 aliphatic carbocycles. The molecule has 0 bridgehead atoms. The van der Waals surface area contributed by atoms with Gasteiger partial charge < -0.3 is 9.64 Å². The summed E-state index contributed by atoms with van der Waals surface area (Å²) in [6.07, 6.45) is 0. The number of allylic oxidation sites excluding steroid dienone is 1. The lowest BCUT2D eigenvalue weighted by molar-refractivity contribution is 0.108. The van der Waals surface area contributed by atoms with E-state index in [1.54, 1.807) is 0 Å². The highest BCUT2D eigenvalue weighted by molar-refractivity contribution is 4.90. The van der Waals surface area contributed by atoms with Crippen molar-refractivity contribution in [2.75, 3.05) is 26.3 Å². The van der Waals surface area contributed by atoms with Crippen LogP contribution >= 0.6 is 0 Å². The standard InChI is InChI=1S/C11H21NO/c1-9(2)11-7-12(10(3)4)5-6-13-8-11/h9,11H,3,5-8H2,1-2,4H3. The van der Waals surface area contributed by atoms with Crippen LogP contribution < -0.4 is 0 Å². The second-order valence-corrected chi connectivity index (χ2v) is 4.26. The third kappa shape index (κ3) is 3.03. The van der Waals surface area contributed by atoms with Crippen molar-refractivity contribution in [2.45, 2.75) is 20.8 Å². The van der Waals surface area contributed by atoms with E-state index in [9.17, 15) is 0 Å². The predicted molar refractivity (Wildman–Crippen MR) is 55.5 cm³/mol. The molecule has 0 radical (unpaired) electrons. The summed E-state index contributed by atoms with van der Waals surface area (Å²) in [5.74, 6) is 1.35. The fourth-order valence-electron chi connectivity index (χ4n) is 1.59. The summed E-state index contributed by atoms with van der Waals surface area (Å²) in [6.45, 7) is 14.4. The minimum atomic E-state index is 0.652. The van der Waals surface area contributed by atoms with Crippen LogP contribution in [0.4, 0.5) is 0 Å². The molecule has 0 aromatic heterocycles. The van der Waals surface area contributed by atoms with Crippen LogP contribution in [0.3, 0.4) is 0 Å². The zero-order chi connectivity index (χ0) is 9.84. The third-order valence-electron chi connectivity index (χ3n) is 2.78. The van der Waals surface area contributed by atoms with Crippen molar-refractivity contribution >= 4 is 0 Å². The van der Waals surface area contributed by atoms with Crippen molar-refractivity contribution in [3.63, 3.8) is 0 Å². The molecule has 1 aliphatic rings. The summed E-state index contributed by atoms with van der Waals surface area (Å²) < 4.78 is 5.57. The average molecular weight is 183 g/mol. The Morgan fingerprint density at radius 1 is 1.54 bits per heavy atom. The molecule has 76 valence electrons. The van der Waals surface area contributed by atoms with Crippen LogP contribution in [-0.4, -0.2) is 31.2 Å². The first-order chi connectivity index (χ1) is 6.11. The Bertz CT molecular complexity index is 177. The van der Waals surface area contributed by atoms with Crippen LogP contribution in [0.5, 0.6) is 0 Å². The highest BCUT2D eigenvalue weighted by Gasteiger charge is 2.20. The Morgan fingerprint density at radius 3 is 2.77 bits per heavy atom. The zero-order valence-electron chi connectivity index (χ0n) is 9.05. The molecule has 2 nitrogen and oxygen atoms in total. The molecule has 0 spiro atoms. The molecule has 1 unspecified atom stereocenters. The molecule has 2 heteroatoms. The second kappa shape index (κ2) is 4.66. The first-order valence-corrected chi connectivity index (χ1v) is 5.09. The SMILES string of the molecule is C=C(C)N1CCOCC(C(C)C)C1. The number of hydrogen-bond donors (Lipinski definition) is 0. The maximum atomic E-state index is 5.57.